The molecule has 2 aromatic carbocycles. The largest absolute Gasteiger partial charge is 0.493 e. The van der Waals surface area contributed by atoms with Gasteiger partial charge in [0.2, 0.25) is 0 Å². The quantitative estimate of drug-likeness (QED) is 0.355. The van der Waals surface area contributed by atoms with Gasteiger partial charge in [-0.05, 0) is 49.4 Å². The Kier molecular flexibility index (Phi) is 7.84. The van der Waals surface area contributed by atoms with E-state index in [1.165, 1.54) is 20.3 Å². The second-order valence-corrected chi connectivity index (χ2v) is 12.0. The zero-order valence-electron chi connectivity index (χ0n) is 20.1. The number of anilines is 1. The van der Waals surface area contributed by atoms with Crippen LogP contribution in [0.5, 0.6) is 17.2 Å². The Bertz CT molecular complexity index is 1400. The second kappa shape index (κ2) is 10.6. The lowest BCUT2D eigenvalue weighted by Gasteiger charge is -2.19. The molecular weight excluding hydrogens is 553 g/mol. The van der Waals surface area contributed by atoms with Gasteiger partial charge < -0.3 is 19.1 Å². The molecular formula is C24H24ClF3N2O5S2. The molecule has 0 amide bonds. The number of methoxy groups -OCH3 is 2. The van der Waals surface area contributed by atoms with Gasteiger partial charge in [0.25, 0.3) is 10.0 Å². The summed E-state index contributed by atoms with van der Waals surface area (Å²) < 4.78 is 86.4. The zero-order valence-corrected chi connectivity index (χ0v) is 22.4. The minimum Gasteiger partial charge on any atom is -0.493 e. The number of likely N-dealkylation sites (tertiary alicyclic amines) is 1. The molecule has 2 heterocycles. The van der Waals surface area contributed by atoms with E-state index in [2.05, 4.69) is 4.72 Å². The van der Waals surface area contributed by atoms with Gasteiger partial charge in [-0.25, -0.2) is 8.42 Å². The van der Waals surface area contributed by atoms with Crippen LogP contribution in [0.15, 0.2) is 46.7 Å². The van der Waals surface area contributed by atoms with Crippen molar-refractivity contribution in [3.05, 3.63) is 52.4 Å². The molecule has 4 rings (SSSR count). The highest BCUT2D eigenvalue weighted by atomic mass is 35.5. The third-order valence-corrected chi connectivity index (χ3v) is 8.97. The Morgan fingerprint density at radius 2 is 1.78 bits per heavy atom. The van der Waals surface area contributed by atoms with Gasteiger partial charge in [-0.3, -0.25) is 4.72 Å². The molecule has 3 aromatic rings. The first-order valence-corrected chi connectivity index (χ1v) is 13.7. The van der Waals surface area contributed by atoms with Gasteiger partial charge in [0, 0.05) is 24.7 Å². The molecule has 0 saturated carbocycles. The lowest BCUT2D eigenvalue weighted by Crippen LogP contribution is -2.23. The summed E-state index contributed by atoms with van der Waals surface area (Å²) in [6.07, 6.45) is -4.55. The molecule has 1 aliphatic rings. The number of hydrogen-bond acceptors (Lipinski definition) is 7. The summed E-state index contributed by atoms with van der Waals surface area (Å²) in [6.45, 7) is 1.16. The fourth-order valence-corrected chi connectivity index (χ4v) is 6.99. The van der Waals surface area contributed by atoms with Crippen molar-refractivity contribution in [2.45, 2.75) is 22.9 Å². The highest BCUT2D eigenvalue weighted by molar-refractivity contribution is 7.94. The molecule has 1 atom stereocenters. The first-order chi connectivity index (χ1) is 17.4. The molecule has 0 aliphatic carbocycles. The van der Waals surface area contributed by atoms with Crippen molar-refractivity contribution in [2.24, 2.45) is 0 Å². The molecule has 0 spiro atoms. The number of sulfonamides is 1. The van der Waals surface area contributed by atoms with Crippen LogP contribution in [0.1, 0.15) is 12.0 Å². The van der Waals surface area contributed by atoms with Crippen molar-refractivity contribution in [1.82, 2.24) is 4.90 Å². The number of ether oxygens (including phenoxy) is 3. The van der Waals surface area contributed by atoms with E-state index < -0.39 is 33.6 Å². The van der Waals surface area contributed by atoms with Crippen LogP contribution < -0.4 is 18.9 Å². The van der Waals surface area contributed by atoms with Gasteiger partial charge in [0.15, 0.2) is 11.5 Å². The van der Waals surface area contributed by atoms with Crippen molar-refractivity contribution in [2.75, 3.05) is 39.1 Å². The first kappa shape index (κ1) is 27.4. The Hall–Kier alpha value is -2.67. The van der Waals surface area contributed by atoms with Crippen LogP contribution >= 0.6 is 22.9 Å². The standard InChI is InChI=1S/C24H24ClF3N2O5S2/c1-30-9-8-16(13-30)35-20-11-15(5-6-18(20)24(26,27)28)29-37(31,32)23-17(12-22(25)36-23)14-4-7-19(33-2)21(10-14)34-3/h4-7,10-12,16,29H,8-9,13H2,1-3H3/t16-/m1/s1. The maximum atomic E-state index is 13.6. The molecule has 0 bridgehead atoms. The lowest BCUT2D eigenvalue weighted by atomic mass is 10.1. The molecule has 1 aromatic heterocycles. The molecule has 0 unspecified atom stereocenters. The minimum absolute atomic E-state index is 0.0721. The lowest BCUT2D eigenvalue weighted by molar-refractivity contribution is -0.139. The van der Waals surface area contributed by atoms with Crippen molar-refractivity contribution < 1.29 is 35.8 Å². The van der Waals surface area contributed by atoms with Gasteiger partial charge >= 0.3 is 6.18 Å². The van der Waals surface area contributed by atoms with Gasteiger partial charge in [-0.1, -0.05) is 17.7 Å². The summed E-state index contributed by atoms with van der Waals surface area (Å²) in [5, 5.41) is 0. The van der Waals surface area contributed by atoms with Crippen molar-refractivity contribution >= 4 is 38.6 Å². The molecule has 0 radical (unpaired) electrons. The predicted molar refractivity (Wildman–Crippen MR) is 137 cm³/mol. The molecule has 13 heteroatoms. The minimum atomic E-state index is -4.67. The van der Waals surface area contributed by atoms with E-state index in [1.807, 2.05) is 11.9 Å². The third-order valence-electron chi connectivity index (χ3n) is 5.79. The smallest absolute Gasteiger partial charge is 0.419 e. The normalized spacial score (nSPS) is 16.6. The fraction of sp³-hybridized carbons (Fsp3) is 0.333. The zero-order chi connectivity index (χ0) is 27.0. The monoisotopic (exact) mass is 576 g/mol. The maximum Gasteiger partial charge on any atom is 0.419 e. The first-order valence-electron chi connectivity index (χ1n) is 11.0. The Morgan fingerprint density at radius 3 is 2.41 bits per heavy atom. The van der Waals surface area contributed by atoms with Crippen molar-refractivity contribution in [3.63, 3.8) is 0 Å². The van der Waals surface area contributed by atoms with Gasteiger partial charge in [-0.2, -0.15) is 13.2 Å². The highest BCUT2D eigenvalue weighted by Gasteiger charge is 2.36. The summed E-state index contributed by atoms with van der Waals surface area (Å²) >= 11 is 7.00. The maximum absolute atomic E-state index is 13.6. The average Bonchev–Trinajstić information content (AvgIpc) is 3.43. The van der Waals surface area contributed by atoms with Crippen LogP contribution in [0.25, 0.3) is 11.1 Å². The number of nitrogens with zero attached hydrogens (tertiary/aromatic N) is 1. The highest BCUT2D eigenvalue weighted by Crippen LogP contribution is 2.42. The van der Waals surface area contributed by atoms with Crippen LogP contribution in [-0.4, -0.2) is 53.8 Å². The van der Waals surface area contributed by atoms with Crippen LogP contribution in [0, 0.1) is 0 Å². The molecule has 1 aliphatic heterocycles. The number of alkyl halides is 3. The third kappa shape index (κ3) is 6.08. The molecule has 37 heavy (non-hydrogen) atoms. The number of likely N-dealkylation sites (N-methyl/N-ethyl adjacent to an activating group) is 1. The van der Waals surface area contributed by atoms with Crippen LogP contribution in [0.2, 0.25) is 4.34 Å². The molecule has 200 valence electrons. The number of benzene rings is 2. The number of thiophene rings is 1. The molecule has 1 N–H and O–H groups in total. The van der Waals surface area contributed by atoms with Gasteiger partial charge in [0.05, 0.1) is 29.8 Å². The van der Waals surface area contributed by atoms with E-state index in [4.69, 9.17) is 25.8 Å². The van der Waals surface area contributed by atoms with E-state index in [-0.39, 0.29) is 14.2 Å². The van der Waals surface area contributed by atoms with Crippen LogP contribution in [-0.2, 0) is 16.2 Å². The molecule has 7 nitrogen and oxygen atoms in total. The number of nitrogens with one attached hydrogen (secondary N) is 1. The summed E-state index contributed by atoms with van der Waals surface area (Å²) in [6, 6.07) is 9.32. The van der Waals surface area contributed by atoms with Crippen molar-refractivity contribution in [3.8, 4) is 28.4 Å². The number of halogens is 4. The van der Waals surface area contributed by atoms with E-state index in [0.29, 0.717) is 42.1 Å². The van der Waals surface area contributed by atoms with E-state index in [1.54, 1.807) is 18.2 Å². The van der Waals surface area contributed by atoms with E-state index >= 15 is 0 Å². The van der Waals surface area contributed by atoms with Crippen LogP contribution in [0.4, 0.5) is 18.9 Å². The Balaban J connectivity index is 1.69. The molecule has 1 saturated heterocycles. The van der Waals surface area contributed by atoms with Crippen LogP contribution in [0.3, 0.4) is 0 Å². The Labute approximate surface area is 221 Å². The number of hydrogen-bond donors (Lipinski definition) is 1. The topological polar surface area (TPSA) is 77.1 Å². The van der Waals surface area contributed by atoms with E-state index in [9.17, 15) is 21.6 Å². The predicted octanol–water partition coefficient (Wildman–Crippen LogP) is 5.99. The van der Waals surface area contributed by atoms with Gasteiger partial charge in [0.1, 0.15) is 16.1 Å². The summed E-state index contributed by atoms with van der Waals surface area (Å²) in [5.41, 5.74) is -0.240. The second-order valence-electron chi connectivity index (χ2n) is 8.43. The summed E-state index contributed by atoms with van der Waals surface area (Å²) in [5.74, 6) is 0.416. The van der Waals surface area contributed by atoms with Gasteiger partial charge in [-0.15, -0.1) is 11.3 Å². The molecule has 1 fully saturated rings. The number of rotatable bonds is 8. The fourth-order valence-electron chi connectivity index (χ4n) is 4.04. The summed E-state index contributed by atoms with van der Waals surface area (Å²) in [7, 11) is 0.539. The van der Waals surface area contributed by atoms with E-state index in [0.717, 1.165) is 29.5 Å². The van der Waals surface area contributed by atoms with Crippen molar-refractivity contribution in [1.29, 1.82) is 0 Å². The summed E-state index contributed by atoms with van der Waals surface area (Å²) in [4.78, 5) is 1.95. The SMILES string of the molecule is COc1ccc(-c2cc(Cl)sc2S(=O)(=O)Nc2ccc(C(F)(F)F)c(O[C@@H]3CCN(C)C3)c2)cc1OC. The average molecular weight is 577 g/mol. The Morgan fingerprint density at radius 1 is 1.05 bits per heavy atom.